The van der Waals surface area contributed by atoms with Crippen LogP contribution in [0.4, 0.5) is 5.69 Å². The van der Waals surface area contributed by atoms with E-state index in [1.54, 1.807) is 37.3 Å². The molecule has 7 heteroatoms. The summed E-state index contributed by atoms with van der Waals surface area (Å²) in [6.07, 6.45) is 0. The number of fused-ring (bicyclic) bond motifs is 3. The molecule has 4 aromatic carbocycles. The molecule has 0 bridgehead atoms. The van der Waals surface area contributed by atoms with Gasteiger partial charge in [-0.25, -0.2) is 13.2 Å². The summed E-state index contributed by atoms with van der Waals surface area (Å²) >= 11 is 0. The summed E-state index contributed by atoms with van der Waals surface area (Å²) in [5.41, 5.74) is 4.49. The fraction of sp³-hybridized carbons (Fsp3) is 0.138. The zero-order valence-corrected chi connectivity index (χ0v) is 21.1. The molecule has 0 saturated carbocycles. The van der Waals surface area contributed by atoms with Crippen LogP contribution >= 0.6 is 0 Å². The standard InChI is InChI=1S/C29H26N2O4S/c1-4-35-29(32)23-18-25-27(22-12-8-9-13-24(22)31(25)3)26(20-10-6-5-7-11-20)28(23)30-36(33,34)21-16-14-19(2)15-17-21/h5-18,30H,4H2,1-3H3. The SMILES string of the molecule is CCOC(=O)c1cc2c(c(-c3ccccc3)c1NS(=O)(=O)c1ccc(C)cc1)c1ccccc1n2C. The van der Waals surface area contributed by atoms with Crippen molar-refractivity contribution < 1.29 is 17.9 Å². The third-order valence-corrected chi connectivity index (χ3v) is 7.69. The highest BCUT2D eigenvalue weighted by Crippen LogP contribution is 2.43. The molecule has 1 aromatic heterocycles. The number of carbonyl (C=O) groups excluding carboxylic acids is 1. The fourth-order valence-electron chi connectivity index (χ4n) is 4.59. The van der Waals surface area contributed by atoms with Gasteiger partial charge in [0, 0.05) is 28.9 Å². The minimum atomic E-state index is -4.01. The minimum Gasteiger partial charge on any atom is -0.462 e. The van der Waals surface area contributed by atoms with E-state index in [9.17, 15) is 13.2 Å². The number of rotatable bonds is 6. The summed E-state index contributed by atoms with van der Waals surface area (Å²) in [6.45, 7) is 3.78. The highest BCUT2D eigenvalue weighted by Gasteiger charge is 2.27. The number of aryl methyl sites for hydroxylation is 2. The summed E-state index contributed by atoms with van der Waals surface area (Å²) in [6, 6.07) is 25.7. The summed E-state index contributed by atoms with van der Waals surface area (Å²) in [5, 5.41) is 1.81. The summed E-state index contributed by atoms with van der Waals surface area (Å²) in [7, 11) is -2.08. The van der Waals surface area contributed by atoms with Gasteiger partial charge in [-0.05, 0) is 43.7 Å². The van der Waals surface area contributed by atoms with E-state index in [0.29, 0.717) is 5.56 Å². The maximum Gasteiger partial charge on any atom is 0.340 e. The Hall–Kier alpha value is -4.10. The first-order valence-electron chi connectivity index (χ1n) is 11.7. The van der Waals surface area contributed by atoms with Crippen LogP contribution in [0.25, 0.3) is 32.9 Å². The number of para-hydroxylation sites is 1. The molecule has 182 valence electrons. The number of aromatic nitrogens is 1. The molecule has 6 nitrogen and oxygen atoms in total. The first-order valence-corrected chi connectivity index (χ1v) is 13.2. The molecule has 0 saturated heterocycles. The van der Waals surface area contributed by atoms with Crippen molar-refractivity contribution in [1.82, 2.24) is 4.57 Å². The highest BCUT2D eigenvalue weighted by molar-refractivity contribution is 7.92. The van der Waals surface area contributed by atoms with Crippen molar-refractivity contribution in [2.75, 3.05) is 11.3 Å². The average molecular weight is 499 g/mol. The second-order valence-corrected chi connectivity index (χ2v) is 10.3. The lowest BCUT2D eigenvalue weighted by molar-refractivity contribution is 0.0528. The normalized spacial score (nSPS) is 11.6. The van der Waals surface area contributed by atoms with E-state index in [4.69, 9.17) is 4.74 Å². The van der Waals surface area contributed by atoms with E-state index < -0.39 is 16.0 Å². The van der Waals surface area contributed by atoms with E-state index in [0.717, 1.165) is 32.9 Å². The molecule has 5 rings (SSSR count). The van der Waals surface area contributed by atoms with Gasteiger partial charge in [0.15, 0.2) is 0 Å². The molecule has 0 unspecified atom stereocenters. The summed E-state index contributed by atoms with van der Waals surface area (Å²) in [5.74, 6) is -0.594. The number of anilines is 1. The van der Waals surface area contributed by atoms with E-state index >= 15 is 0 Å². The van der Waals surface area contributed by atoms with Gasteiger partial charge >= 0.3 is 5.97 Å². The Labute approximate surface area is 210 Å². The molecule has 0 aliphatic carbocycles. The predicted molar refractivity (Wildman–Crippen MR) is 144 cm³/mol. The van der Waals surface area contributed by atoms with Crippen molar-refractivity contribution >= 4 is 43.5 Å². The number of carbonyl (C=O) groups is 1. The van der Waals surface area contributed by atoms with Crippen molar-refractivity contribution in [3.05, 3.63) is 96.1 Å². The lowest BCUT2D eigenvalue weighted by Crippen LogP contribution is -2.18. The van der Waals surface area contributed by atoms with Crippen LogP contribution in [0.15, 0.2) is 89.8 Å². The second kappa shape index (κ2) is 9.17. The molecular weight excluding hydrogens is 472 g/mol. The van der Waals surface area contributed by atoms with Crippen molar-refractivity contribution in [1.29, 1.82) is 0 Å². The molecule has 36 heavy (non-hydrogen) atoms. The molecular formula is C29H26N2O4S. The van der Waals surface area contributed by atoms with Crippen LogP contribution in [-0.4, -0.2) is 25.6 Å². The zero-order valence-electron chi connectivity index (χ0n) is 20.3. The van der Waals surface area contributed by atoms with Crippen molar-refractivity contribution in [2.24, 2.45) is 7.05 Å². The number of sulfonamides is 1. The monoisotopic (exact) mass is 498 g/mol. The second-order valence-electron chi connectivity index (χ2n) is 8.65. The maximum absolute atomic E-state index is 13.6. The molecule has 0 radical (unpaired) electrons. The Bertz CT molecular complexity index is 1700. The van der Waals surface area contributed by atoms with Gasteiger partial charge in [-0.15, -0.1) is 0 Å². The average Bonchev–Trinajstić information content (AvgIpc) is 3.16. The largest absolute Gasteiger partial charge is 0.462 e. The predicted octanol–water partition coefficient (Wildman–Crippen LogP) is 6.28. The molecule has 0 fully saturated rings. The molecule has 5 aromatic rings. The number of ether oxygens (including phenoxy) is 1. The van der Waals surface area contributed by atoms with Gasteiger partial charge in [-0.2, -0.15) is 0 Å². The van der Waals surface area contributed by atoms with Crippen LogP contribution in [0, 0.1) is 6.92 Å². The highest BCUT2D eigenvalue weighted by atomic mass is 32.2. The Morgan fingerprint density at radius 2 is 1.58 bits per heavy atom. The minimum absolute atomic E-state index is 0.111. The van der Waals surface area contributed by atoms with Gasteiger partial charge in [0.2, 0.25) is 0 Å². The van der Waals surface area contributed by atoms with Crippen molar-refractivity contribution in [3.8, 4) is 11.1 Å². The topological polar surface area (TPSA) is 77.4 Å². The van der Waals surface area contributed by atoms with Gasteiger partial charge in [0.1, 0.15) is 0 Å². The number of esters is 1. The van der Waals surface area contributed by atoms with Gasteiger partial charge in [0.05, 0.1) is 28.3 Å². The number of benzene rings is 4. The summed E-state index contributed by atoms with van der Waals surface area (Å²) in [4.78, 5) is 13.3. The van der Waals surface area contributed by atoms with Crippen LogP contribution in [0.2, 0.25) is 0 Å². The smallest absolute Gasteiger partial charge is 0.340 e. The van der Waals surface area contributed by atoms with Crippen LogP contribution in [-0.2, 0) is 21.8 Å². The van der Waals surface area contributed by atoms with E-state index in [1.165, 1.54) is 0 Å². The van der Waals surface area contributed by atoms with E-state index in [2.05, 4.69) is 4.72 Å². The van der Waals surface area contributed by atoms with E-state index in [-0.39, 0.29) is 22.8 Å². The van der Waals surface area contributed by atoms with E-state index in [1.807, 2.05) is 73.1 Å². The summed E-state index contributed by atoms with van der Waals surface area (Å²) < 4.78 is 37.3. The molecule has 0 aliphatic heterocycles. The third-order valence-electron chi connectivity index (χ3n) is 6.33. The lowest BCUT2D eigenvalue weighted by atomic mass is 9.94. The molecule has 0 aliphatic rings. The van der Waals surface area contributed by atoms with Crippen LogP contribution < -0.4 is 4.72 Å². The van der Waals surface area contributed by atoms with Gasteiger partial charge in [0.25, 0.3) is 10.0 Å². The van der Waals surface area contributed by atoms with Crippen molar-refractivity contribution in [2.45, 2.75) is 18.7 Å². The molecule has 0 atom stereocenters. The first-order chi connectivity index (χ1) is 17.3. The Morgan fingerprint density at radius 1 is 0.917 bits per heavy atom. The lowest BCUT2D eigenvalue weighted by Gasteiger charge is -2.19. The van der Waals surface area contributed by atoms with Crippen LogP contribution in [0.1, 0.15) is 22.8 Å². The molecule has 0 spiro atoms. The van der Waals surface area contributed by atoms with Gasteiger partial charge in [-0.1, -0.05) is 66.2 Å². The van der Waals surface area contributed by atoms with Crippen LogP contribution in [0.3, 0.4) is 0 Å². The van der Waals surface area contributed by atoms with Crippen LogP contribution in [0.5, 0.6) is 0 Å². The number of nitrogens with one attached hydrogen (secondary N) is 1. The maximum atomic E-state index is 13.6. The molecule has 1 heterocycles. The Balaban J connectivity index is 1.90. The fourth-order valence-corrected chi connectivity index (χ4v) is 5.69. The Morgan fingerprint density at radius 3 is 2.28 bits per heavy atom. The van der Waals surface area contributed by atoms with Gasteiger partial charge in [-0.3, -0.25) is 4.72 Å². The number of nitrogens with zero attached hydrogens (tertiary/aromatic N) is 1. The van der Waals surface area contributed by atoms with Gasteiger partial charge < -0.3 is 9.30 Å². The quantitative estimate of drug-likeness (QED) is 0.279. The number of hydrogen-bond donors (Lipinski definition) is 1. The Kier molecular flexibility index (Phi) is 6.02. The molecule has 1 N–H and O–H groups in total. The zero-order chi connectivity index (χ0) is 25.4. The number of hydrogen-bond acceptors (Lipinski definition) is 4. The first kappa shape index (κ1) is 23.6. The molecule has 0 amide bonds. The van der Waals surface area contributed by atoms with Crippen molar-refractivity contribution in [3.63, 3.8) is 0 Å². The third kappa shape index (κ3) is 4.01.